The maximum absolute atomic E-state index is 12.3. The molecule has 0 aliphatic carbocycles. The van der Waals surface area contributed by atoms with Gasteiger partial charge in [0.05, 0.1) is 0 Å². The van der Waals surface area contributed by atoms with E-state index in [1.165, 1.54) is 6.42 Å². The molecule has 2 heterocycles. The highest BCUT2D eigenvalue weighted by Gasteiger charge is 2.19. The second kappa shape index (κ2) is 7.54. The summed E-state index contributed by atoms with van der Waals surface area (Å²) in [6.45, 7) is 7.08. The van der Waals surface area contributed by atoms with Gasteiger partial charge in [-0.25, -0.2) is 9.97 Å². The molecule has 1 fully saturated rings. The Kier molecular flexibility index (Phi) is 5.71. The first-order valence-corrected chi connectivity index (χ1v) is 8.04. The summed E-state index contributed by atoms with van der Waals surface area (Å²) in [6, 6.07) is 1.75. The van der Waals surface area contributed by atoms with Crippen LogP contribution in [-0.2, 0) is 6.42 Å². The van der Waals surface area contributed by atoms with E-state index in [1.807, 2.05) is 0 Å². The summed E-state index contributed by atoms with van der Waals surface area (Å²) in [5.74, 6) is 0.980. The molecule has 2 rings (SSSR count). The van der Waals surface area contributed by atoms with Crippen LogP contribution in [0.4, 0.5) is 5.95 Å². The summed E-state index contributed by atoms with van der Waals surface area (Å²) in [6.07, 6.45) is 3.14. The number of carbonyl (C=O) groups excluding carboxylic acids is 1. The summed E-state index contributed by atoms with van der Waals surface area (Å²) in [4.78, 5) is 22.9. The molecule has 1 unspecified atom stereocenters. The van der Waals surface area contributed by atoms with Crippen molar-refractivity contribution in [1.29, 1.82) is 0 Å². The second-order valence-electron chi connectivity index (χ2n) is 6.68. The Morgan fingerprint density at radius 3 is 2.95 bits per heavy atom. The fraction of sp³-hybridized carbons (Fsp3) is 0.688. The van der Waals surface area contributed by atoms with E-state index in [4.69, 9.17) is 5.73 Å². The van der Waals surface area contributed by atoms with Gasteiger partial charge in [-0.05, 0) is 50.8 Å². The second-order valence-corrected chi connectivity index (χ2v) is 6.68. The Bertz CT molecular complexity index is 517. The number of carbonyl (C=O) groups is 1. The molecular formula is C16H27N5O. The smallest absolute Gasteiger partial charge is 0.270 e. The molecule has 1 aliphatic rings. The van der Waals surface area contributed by atoms with Crippen molar-refractivity contribution in [3.05, 3.63) is 17.5 Å². The first-order valence-electron chi connectivity index (χ1n) is 8.04. The molecule has 0 radical (unpaired) electrons. The van der Waals surface area contributed by atoms with Gasteiger partial charge in [-0.2, -0.15) is 0 Å². The van der Waals surface area contributed by atoms with Crippen LogP contribution in [0.15, 0.2) is 6.07 Å². The van der Waals surface area contributed by atoms with Crippen molar-refractivity contribution in [1.82, 2.24) is 20.2 Å². The first-order chi connectivity index (χ1) is 10.4. The van der Waals surface area contributed by atoms with Crippen molar-refractivity contribution >= 4 is 11.9 Å². The molecule has 122 valence electrons. The molecule has 0 aromatic carbocycles. The number of hydrogen-bond donors (Lipinski definition) is 2. The van der Waals surface area contributed by atoms with Gasteiger partial charge < -0.3 is 16.0 Å². The predicted octanol–water partition coefficient (Wildman–Crippen LogP) is 1.33. The molecule has 1 aliphatic heterocycles. The van der Waals surface area contributed by atoms with Gasteiger partial charge in [-0.15, -0.1) is 0 Å². The van der Waals surface area contributed by atoms with Gasteiger partial charge in [0.25, 0.3) is 5.91 Å². The van der Waals surface area contributed by atoms with Crippen molar-refractivity contribution in [3.8, 4) is 0 Å². The number of anilines is 1. The molecule has 6 heteroatoms. The van der Waals surface area contributed by atoms with E-state index in [1.54, 1.807) is 6.07 Å². The Morgan fingerprint density at radius 1 is 1.50 bits per heavy atom. The molecule has 1 aromatic heterocycles. The molecule has 1 aromatic rings. The summed E-state index contributed by atoms with van der Waals surface area (Å²) in [7, 11) is 2.12. The maximum Gasteiger partial charge on any atom is 0.270 e. The third-order valence-corrected chi connectivity index (χ3v) is 3.92. The summed E-state index contributed by atoms with van der Waals surface area (Å²) in [5, 5.41) is 2.99. The van der Waals surface area contributed by atoms with Gasteiger partial charge in [0.2, 0.25) is 5.95 Å². The normalized spacial score (nSPS) is 19.4. The quantitative estimate of drug-likeness (QED) is 0.857. The Hall–Kier alpha value is -1.69. The van der Waals surface area contributed by atoms with Crippen molar-refractivity contribution in [2.24, 2.45) is 11.8 Å². The van der Waals surface area contributed by atoms with E-state index < -0.39 is 0 Å². The number of aromatic nitrogens is 2. The average Bonchev–Trinajstić information content (AvgIpc) is 2.43. The zero-order valence-electron chi connectivity index (χ0n) is 13.8. The zero-order valence-corrected chi connectivity index (χ0v) is 13.8. The van der Waals surface area contributed by atoms with E-state index in [2.05, 4.69) is 41.1 Å². The van der Waals surface area contributed by atoms with Crippen molar-refractivity contribution in [2.75, 3.05) is 32.4 Å². The topological polar surface area (TPSA) is 84.1 Å². The fourth-order valence-corrected chi connectivity index (χ4v) is 2.92. The third-order valence-electron chi connectivity index (χ3n) is 3.92. The van der Waals surface area contributed by atoms with Crippen LogP contribution in [0, 0.1) is 11.8 Å². The van der Waals surface area contributed by atoms with E-state index >= 15 is 0 Å². The Morgan fingerprint density at radius 2 is 2.27 bits per heavy atom. The number of amides is 1. The van der Waals surface area contributed by atoms with Crippen molar-refractivity contribution < 1.29 is 4.79 Å². The molecule has 0 spiro atoms. The number of likely N-dealkylation sites (tertiary alicyclic amines) is 1. The van der Waals surface area contributed by atoms with Crippen molar-refractivity contribution in [3.63, 3.8) is 0 Å². The van der Waals surface area contributed by atoms with Gasteiger partial charge in [0.15, 0.2) is 0 Å². The minimum Gasteiger partial charge on any atom is -0.368 e. The molecular weight excluding hydrogens is 278 g/mol. The standard InChI is InChI=1S/C16H27N5O/c1-11(2)7-13-8-14(20-16(17)19-13)15(22)18-9-12-5-4-6-21(3)10-12/h8,11-12H,4-7,9-10H2,1-3H3,(H,18,22)(H2,17,19,20). The fourth-order valence-electron chi connectivity index (χ4n) is 2.92. The minimum absolute atomic E-state index is 0.160. The van der Waals surface area contributed by atoms with E-state index in [0.717, 1.165) is 31.6 Å². The van der Waals surface area contributed by atoms with Crippen LogP contribution in [0.1, 0.15) is 42.9 Å². The number of rotatable bonds is 5. The van der Waals surface area contributed by atoms with Crippen molar-refractivity contribution in [2.45, 2.75) is 33.1 Å². The van der Waals surface area contributed by atoms with Gasteiger partial charge in [0.1, 0.15) is 5.69 Å². The van der Waals surface area contributed by atoms with Gasteiger partial charge in [0, 0.05) is 18.8 Å². The lowest BCUT2D eigenvalue weighted by Gasteiger charge is -2.29. The number of nitrogen functional groups attached to an aromatic ring is 1. The monoisotopic (exact) mass is 305 g/mol. The predicted molar refractivity (Wildman–Crippen MR) is 87.5 cm³/mol. The highest BCUT2D eigenvalue weighted by molar-refractivity contribution is 5.92. The van der Waals surface area contributed by atoms with Crippen LogP contribution in [0.5, 0.6) is 0 Å². The number of hydrogen-bond acceptors (Lipinski definition) is 5. The lowest BCUT2D eigenvalue weighted by Crippen LogP contribution is -2.39. The van der Waals surface area contributed by atoms with E-state index in [0.29, 0.717) is 24.1 Å². The van der Waals surface area contributed by atoms with Gasteiger partial charge >= 0.3 is 0 Å². The molecule has 1 atom stereocenters. The first kappa shape index (κ1) is 16.7. The average molecular weight is 305 g/mol. The highest BCUT2D eigenvalue weighted by Crippen LogP contribution is 2.14. The van der Waals surface area contributed by atoms with Gasteiger partial charge in [-0.3, -0.25) is 4.79 Å². The van der Waals surface area contributed by atoms with Crippen LogP contribution < -0.4 is 11.1 Å². The molecule has 3 N–H and O–H groups in total. The molecule has 0 bridgehead atoms. The number of nitrogens with one attached hydrogen (secondary N) is 1. The molecule has 1 amide bonds. The summed E-state index contributed by atoms with van der Waals surface area (Å²) >= 11 is 0. The van der Waals surface area contributed by atoms with Crippen LogP contribution >= 0.6 is 0 Å². The third kappa shape index (κ3) is 4.94. The minimum atomic E-state index is -0.160. The van der Waals surface area contributed by atoms with Crippen LogP contribution in [0.3, 0.4) is 0 Å². The molecule has 6 nitrogen and oxygen atoms in total. The molecule has 22 heavy (non-hydrogen) atoms. The zero-order chi connectivity index (χ0) is 16.1. The van der Waals surface area contributed by atoms with Gasteiger partial charge in [-0.1, -0.05) is 13.8 Å². The molecule has 1 saturated heterocycles. The number of nitrogens with zero attached hydrogens (tertiary/aromatic N) is 3. The number of piperidine rings is 1. The van der Waals surface area contributed by atoms with E-state index in [9.17, 15) is 4.79 Å². The largest absolute Gasteiger partial charge is 0.368 e. The SMILES string of the molecule is CC(C)Cc1cc(C(=O)NCC2CCCN(C)C2)nc(N)n1. The maximum atomic E-state index is 12.3. The summed E-state index contributed by atoms with van der Waals surface area (Å²) < 4.78 is 0. The highest BCUT2D eigenvalue weighted by atomic mass is 16.1. The van der Waals surface area contributed by atoms with Crippen LogP contribution in [-0.4, -0.2) is 47.5 Å². The number of nitrogens with two attached hydrogens (primary N) is 1. The Labute approximate surface area is 132 Å². The summed E-state index contributed by atoms with van der Waals surface area (Å²) in [5.41, 5.74) is 6.91. The van der Waals surface area contributed by atoms with Crippen LogP contribution in [0.2, 0.25) is 0 Å². The Balaban J connectivity index is 1.95. The lowest BCUT2D eigenvalue weighted by atomic mass is 9.98. The van der Waals surface area contributed by atoms with Crippen LogP contribution in [0.25, 0.3) is 0 Å². The van der Waals surface area contributed by atoms with E-state index in [-0.39, 0.29) is 11.9 Å². The lowest BCUT2D eigenvalue weighted by molar-refractivity contribution is 0.0931. The molecule has 0 saturated carbocycles.